The molecule has 2 amide bonds. The molecule has 0 atom stereocenters. The van der Waals surface area contributed by atoms with Crippen molar-refractivity contribution in [1.82, 2.24) is 4.90 Å². The van der Waals surface area contributed by atoms with E-state index in [9.17, 15) is 9.59 Å². The molecule has 1 fully saturated rings. The first kappa shape index (κ1) is 21.3. The Bertz CT molecular complexity index is 1050. The van der Waals surface area contributed by atoms with E-state index in [1.165, 1.54) is 0 Å². The Morgan fingerprint density at radius 3 is 2.23 bits per heavy atom. The maximum Gasteiger partial charge on any atom is 0.258 e. The number of amides is 2. The zero-order valence-electron chi connectivity index (χ0n) is 17.0. The Balaban J connectivity index is 1.73. The number of ether oxygens (including phenoxy) is 1. The lowest BCUT2D eigenvalue weighted by atomic mass is 10.1. The van der Waals surface area contributed by atoms with Gasteiger partial charge in [0.1, 0.15) is 0 Å². The van der Waals surface area contributed by atoms with E-state index in [0.717, 1.165) is 10.0 Å². The molecular formula is C25H23BrN2O3. The van der Waals surface area contributed by atoms with Crippen molar-refractivity contribution in [3.05, 3.63) is 100 Å². The minimum Gasteiger partial charge on any atom is -0.378 e. The summed E-state index contributed by atoms with van der Waals surface area (Å²) in [6, 6.07) is 24.3. The summed E-state index contributed by atoms with van der Waals surface area (Å²) < 4.78 is 6.36. The fourth-order valence-electron chi connectivity index (χ4n) is 3.60. The maximum absolute atomic E-state index is 13.5. The molecule has 31 heavy (non-hydrogen) atoms. The molecule has 0 bridgehead atoms. The fourth-order valence-corrected chi connectivity index (χ4v) is 3.87. The highest BCUT2D eigenvalue weighted by Gasteiger charge is 2.26. The molecule has 0 spiro atoms. The van der Waals surface area contributed by atoms with E-state index in [0.29, 0.717) is 49.7 Å². The Hall–Kier alpha value is -2.96. The second-order valence-corrected chi connectivity index (χ2v) is 8.22. The second kappa shape index (κ2) is 9.90. The molecule has 4 rings (SSSR count). The van der Waals surface area contributed by atoms with Crippen LogP contribution >= 0.6 is 15.9 Å². The molecule has 0 aliphatic carbocycles. The van der Waals surface area contributed by atoms with Crippen molar-refractivity contribution in [3.8, 4) is 0 Å². The van der Waals surface area contributed by atoms with Crippen LogP contribution in [0.1, 0.15) is 26.3 Å². The third-order valence-electron chi connectivity index (χ3n) is 5.24. The van der Waals surface area contributed by atoms with Crippen molar-refractivity contribution < 1.29 is 14.3 Å². The van der Waals surface area contributed by atoms with Crippen LogP contribution in [0.2, 0.25) is 0 Å². The number of benzene rings is 3. The van der Waals surface area contributed by atoms with Crippen molar-refractivity contribution in [2.24, 2.45) is 0 Å². The molecule has 0 aromatic heterocycles. The van der Waals surface area contributed by atoms with Gasteiger partial charge in [0.2, 0.25) is 0 Å². The Kier molecular flexibility index (Phi) is 6.79. The molecule has 1 heterocycles. The van der Waals surface area contributed by atoms with Crippen LogP contribution in [0, 0.1) is 0 Å². The molecule has 0 radical (unpaired) electrons. The van der Waals surface area contributed by atoms with Gasteiger partial charge in [0.05, 0.1) is 31.0 Å². The van der Waals surface area contributed by atoms with Crippen LogP contribution in [-0.4, -0.2) is 43.0 Å². The van der Waals surface area contributed by atoms with Crippen molar-refractivity contribution in [2.75, 3.05) is 31.2 Å². The zero-order chi connectivity index (χ0) is 21.6. The zero-order valence-corrected chi connectivity index (χ0v) is 18.6. The van der Waals surface area contributed by atoms with Gasteiger partial charge in [-0.3, -0.25) is 9.59 Å². The number of nitrogens with zero attached hydrogens (tertiary/aromatic N) is 2. The lowest BCUT2D eigenvalue weighted by Gasteiger charge is -2.30. The van der Waals surface area contributed by atoms with Gasteiger partial charge in [0, 0.05) is 23.1 Å². The smallest absolute Gasteiger partial charge is 0.258 e. The molecule has 0 N–H and O–H groups in total. The predicted molar refractivity (Wildman–Crippen MR) is 124 cm³/mol. The average molecular weight is 479 g/mol. The molecule has 1 aliphatic heterocycles. The summed E-state index contributed by atoms with van der Waals surface area (Å²) >= 11 is 3.46. The van der Waals surface area contributed by atoms with E-state index in [-0.39, 0.29) is 11.8 Å². The number of carbonyl (C=O) groups is 2. The van der Waals surface area contributed by atoms with Gasteiger partial charge in [-0.25, -0.2) is 0 Å². The first-order chi connectivity index (χ1) is 15.1. The Labute approximate surface area is 190 Å². The largest absolute Gasteiger partial charge is 0.378 e. The van der Waals surface area contributed by atoms with E-state index >= 15 is 0 Å². The van der Waals surface area contributed by atoms with Crippen LogP contribution in [0.15, 0.2) is 83.3 Å². The van der Waals surface area contributed by atoms with E-state index in [4.69, 9.17) is 4.74 Å². The Morgan fingerprint density at radius 1 is 0.871 bits per heavy atom. The average Bonchev–Trinajstić information content (AvgIpc) is 2.84. The number of rotatable bonds is 5. The molecule has 6 heteroatoms. The maximum atomic E-state index is 13.5. The number of morpholine rings is 1. The number of halogens is 1. The van der Waals surface area contributed by atoms with E-state index in [1.54, 1.807) is 28.0 Å². The third-order valence-corrected chi connectivity index (χ3v) is 5.77. The molecular weight excluding hydrogens is 456 g/mol. The van der Waals surface area contributed by atoms with Crippen LogP contribution < -0.4 is 4.90 Å². The quantitative estimate of drug-likeness (QED) is 0.530. The molecule has 1 saturated heterocycles. The summed E-state index contributed by atoms with van der Waals surface area (Å²) in [5, 5.41) is 0. The first-order valence-electron chi connectivity index (χ1n) is 10.2. The number of anilines is 1. The van der Waals surface area contributed by atoms with Crippen molar-refractivity contribution >= 4 is 33.4 Å². The van der Waals surface area contributed by atoms with Crippen LogP contribution in [0.4, 0.5) is 5.69 Å². The lowest BCUT2D eigenvalue weighted by Crippen LogP contribution is -2.41. The molecule has 3 aromatic carbocycles. The van der Waals surface area contributed by atoms with Crippen molar-refractivity contribution in [2.45, 2.75) is 6.54 Å². The highest BCUT2D eigenvalue weighted by atomic mass is 79.9. The van der Waals surface area contributed by atoms with Crippen LogP contribution in [0.3, 0.4) is 0 Å². The number of hydrogen-bond acceptors (Lipinski definition) is 3. The summed E-state index contributed by atoms with van der Waals surface area (Å²) in [5.41, 5.74) is 2.68. The van der Waals surface area contributed by atoms with Gasteiger partial charge in [-0.05, 0) is 42.0 Å². The number of hydrogen-bond donors (Lipinski definition) is 0. The number of carbonyl (C=O) groups excluding carboxylic acids is 2. The Morgan fingerprint density at radius 2 is 1.52 bits per heavy atom. The molecule has 0 saturated carbocycles. The van der Waals surface area contributed by atoms with Crippen molar-refractivity contribution in [3.63, 3.8) is 0 Å². The summed E-state index contributed by atoms with van der Waals surface area (Å²) in [7, 11) is 0. The summed E-state index contributed by atoms with van der Waals surface area (Å²) in [6.07, 6.45) is 0. The molecule has 0 unspecified atom stereocenters. The highest BCUT2D eigenvalue weighted by molar-refractivity contribution is 9.10. The third kappa shape index (κ3) is 5.03. The second-order valence-electron chi connectivity index (χ2n) is 7.31. The standard InChI is InChI=1S/C25H23BrN2O3/c26-21-12-10-19(11-13-21)18-28(24(29)20-6-2-1-3-7-20)23-9-5-4-8-22(23)25(30)27-14-16-31-17-15-27/h1-13H,14-18H2. The monoisotopic (exact) mass is 478 g/mol. The highest BCUT2D eigenvalue weighted by Crippen LogP contribution is 2.27. The topological polar surface area (TPSA) is 49.9 Å². The molecule has 158 valence electrons. The SMILES string of the molecule is O=C(c1ccccc1N(Cc1ccc(Br)cc1)C(=O)c1ccccc1)N1CCOCC1. The van der Waals surface area contributed by atoms with E-state index in [1.807, 2.05) is 60.7 Å². The molecule has 3 aromatic rings. The van der Waals surface area contributed by atoms with Gasteiger partial charge in [-0.15, -0.1) is 0 Å². The van der Waals surface area contributed by atoms with Crippen LogP contribution in [0.25, 0.3) is 0 Å². The van der Waals surface area contributed by atoms with Gasteiger partial charge < -0.3 is 14.5 Å². The van der Waals surface area contributed by atoms with Gasteiger partial charge in [-0.1, -0.05) is 58.4 Å². The predicted octanol–water partition coefficient (Wildman–Crippen LogP) is 4.77. The number of para-hydroxylation sites is 1. The van der Waals surface area contributed by atoms with Gasteiger partial charge in [0.15, 0.2) is 0 Å². The van der Waals surface area contributed by atoms with E-state index in [2.05, 4.69) is 15.9 Å². The van der Waals surface area contributed by atoms with Gasteiger partial charge in [-0.2, -0.15) is 0 Å². The van der Waals surface area contributed by atoms with Gasteiger partial charge in [0.25, 0.3) is 11.8 Å². The lowest BCUT2D eigenvalue weighted by molar-refractivity contribution is 0.0303. The normalized spacial score (nSPS) is 13.6. The molecule has 5 nitrogen and oxygen atoms in total. The summed E-state index contributed by atoms with van der Waals surface area (Å²) in [5.74, 6) is -0.230. The van der Waals surface area contributed by atoms with Gasteiger partial charge >= 0.3 is 0 Å². The van der Waals surface area contributed by atoms with Crippen molar-refractivity contribution in [1.29, 1.82) is 0 Å². The summed E-state index contributed by atoms with van der Waals surface area (Å²) in [6.45, 7) is 2.51. The first-order valence-corrected chi connectivity index (χ1v) is 11.0. The fraction of sp³-hybridized carbons (Fsp3) is 0.200. The minimum absolute atomic E-state index is 0.0828. The molecule has 1 aliphatic rings. The minimum atomic E-state index is -0.147. The van der Waals surface area contributed by atoms with E-state index < -0.39 is 0 Å². The summed E-state index contributed by atoms with van der Waals surface area (Å²) in [4.78, 5) is 30.3. The van der Waals surface area contributed by atoms with Crippen LogP contribution in [-0.2, 0) is 11.3 Å². The van der Waals surface area contributed by atoms with Crippen LogP contribution in [0.5, 0.6) is 0 Å².